The summed E-state index contributed by atoms with van der Waals surface area (Å²) in [5, 5.41) is 19.9. The molecule has 0 aliphatic heterocycles. The van der Waals surface area contributed by atoms with Gasteiger partial charge in [0.2, 0.25) is 0 Å². The van der Waals surface area contributed by atoms with E-state index in [1.807, 2.05) is 24.3 Å². The molecule has 0 saturated heterocycles. The first kappa shape index (κ1) is 28.1. The normalized spacial score (nSPS) is 10.2. The van der Waals surface area contributed by atoms with Crippen molar-refractivity contribution >= 4 is 72.9 Å². The van der Waals surface area contributed by atoms with E-state index in [1.165, 1.54) is 0 Å². The Morgan fingerprint density at radius 1 is 0.696 bits per heavy atom. The van der Waals surface area contributed by atoms with E-state index in [1.54, 1.807) is 0 Å². The van der Waals surface area contributed by atoms with Crippen molar-refractivity contribution in [1.82, 2.24) is 0 Å². The maximum Gasteiger partial charge on any atom is 2.00 e. The maximum absolute atomic E-state index is 9.93. The summed E-state index contributed by atoms with van der Waals surface area (Å²) in [4.78, 5) is 19.9. The molecule has 0 amide bonds. The molecule has 0 bridgehead atoms. The van der Waals surface area contributed by atoms with Crippen molar-refractivity contribution in [2.75, 3.05) is 11.8 Å². The second kappa shape index (κ2) is 24.5. The average Bonchev–Trinajstić information content (AvgIpc) is 2.46. The predicted molar refractivity (Wildman–Crippen MR) is 92.4 cm³/mol. The molecule has 0 radical (unpaired) electrons. The summed E-state index contributed by atoms with van der Waals surface area (Å²) in [5.74, 6) is -0.708. The number of carbonyl (C=O) groups excluding carboxylic acids is 2. The van der Waals surface area contributed by atoms with E-state index in [0.29, 0.717) is 24.6 Å². The summed E-state index contributed by atoms with van der Waals surface area (Å²) in [6.07, 6.45) is 12.7. The number of hydrogen-bond acceptors (Lipinski definition) is 4. The summed E-state index contributed by atoms with van der Waals surface area (Å²) in [6, 6.07) is 0. The van der Waals surface area contributed by atoms with Crippen LogP contribution in [0, 0.1) is 0 Å². The number of alkyl halides is 2. The number of hydrogen-bond donors (Lipinski definition) is 0. The third kappa shape index (κ3) is 34.6. The van der Waals surface area contributed by atoms with Crippen LogP contribution in [0.3, 0.4) is 0 Å². The van der Waals surface area contributed by atoms with Crippen molar-refractivity contribution in [2.45, 2.75) is 51.4 Å². The van der Waals surface area contributed by atoms with Crippen LogP contribution >= 0.6 is 23.2 Å². The first-order chi connectivity index (χ1) is 10.5. The van der Waals surface area contributed by atoms with Crippen LogP contribution in [0.25, 0.3) is 0 Å². The number of carbonyl (C=O) groups is 2. The van der Waals surface area contributed by atoms with E-state index < -0.39 is 11.9 Å². The fraction of sp³-hybridized carbons (Fsp3) is 0.625. The number of allylic oxidation sites excluding steroid dienone is 4. The molecule has 0 aromatic carbocycles. The van der Waals surface area contributed by atoms with Crippen molar-refractivity contribution < 1.29 is 19.8 Å². The zero-order valence-electron chi connectivity index (χ0n) is 13.5. The van der Waals surface area contributed by atoms with Crippen LogP contribution in [-0.2, 0) is 9.59 Å². The molecule has 0 atom stereocenters. The third-order valence-electron chi connectivity index (χ3n) is 2.39. The summed E-state index contributed by atoms with van der Waals surface area (Å²) in [5.41, 5.74) is 0. The predicted octanol–water partition coefficient (Wildman–Crippen LogP) is 1.80. The van der Waals surface area contributed by atoms with Gasteiger partial charge in [0.15, 0.2) is 0 Å². The zero-order valence-corrected chi connectivity index (χ0v) is 17.2. The van der Waals surface area contributed by atoms with Crippen molar-refractivity contribution in [2.24, 2.45) is 0 Å². The molecule has 0 saturated carbocycles. The third-order valence-corrected chi connectivity index (χ3v) is 2.82. The quantitative estimate of drug-likeness (QED) is 0.220. The molecule has 0 unspecified atom stereocenters. The van der Waals surface area contributed by atoms with Crippen molar-refractivity contribution in [3.8, 4) is 0 Å². The van der Waals surface area contributed by atoms with Crippen molar-refractivity contribution in [3.63, 3.8) is 0 Å². The standard InChI is InChI=1S/2C8H13ClO2.Ca/c2*9-7-5-3-1-2-4-6-8(10)11;/h2*1,3H,2,4-7H2,(H,10,11);/q;;+2/p-2/b2*3-1+;. The molecule has 0 fully saturated rings. The molecule has 0 aliphatic carbocycles. The molecular weight excluding hydrogens is 367 g/mol. The summed E-state index contributed by atoms with van der Waals surface area (Å²) in [6.45, 7) is 0. The number of carboxylic acid groups (broad SMARTS) is 2. The van der Waals surface area contributed by atoms with Crippen LogP contribution in [0.5, 0.6) is 0 Å². The van der Waals surface area contributed by atoms with Gasteiger partial charge in [-0.25, -0.2) is 0 Å². The number of unbranched alkanes of at least 4 members (excludes halogenated alkanes) is 2. The van der Waals surface area contributed by atoms with Gasteiger partial charge in [0, 0.05) is 23.7 Å². The monoisotopic (exact) mass is 390 g/mol. The van der Waals surface area contributed by atoms with Crippen molar-refractivity contribution in [3.05, 3.63) is 24.3 Å². The Labute approximate surface area is 178 Å². The van der Waals surface area contributed by atoms with Crippen LogP contribution in [0.1, 0.15) is 51.4 Å². The SMILES string of the molecule is O=C([O-])CCC/C=C/CCCl.O=C([O-])CCC/C=C/CCCl.[Ca+2]. The van der Waals surface area contributed by atoms with E-state index in [0.717, 1.165) is 25.7 Å². The Balaban J connectivity index is -0.000000333. The Hall–Kier alpha value is 0.260. The minimum atomic E-state index is -0.976. The molecule has 0 N–H and O–H groups in total. The Morgan fingerprint density at radius 2 is 1.00 bits per heavy atom. The molecule has 0 aromatic rings. The summed E-state index contributed by atoms with van der Waals surface area (Å²) < 4.78 is 0. The average molecular weight is 391 g/mol. The molecule has 0 spiro atoms. The first-order valence-corrected chi connectivity index (χ1v) is 8.43. The summed E-state index contributed by atoms with van der Waals surface area (Å²) in [7, 11) is 0. The largest absolute Gasteiger partial charge is 2.00 e. The van der Waals surface area contributed by atoms with Gasteiger partial charge in [-0.2, -0.15) is 0 Å². The number of carboxylic acids is 2. The Bertz CT molecular complexity index is 302. The molecule has 4 nitrogen and oxygen atoms in total. The molecule has 0 aliphatic rings. The van der Waals surface area contributed by atoms with Gasteiger partial charge in [-0.15, -0.1) is 23.2 Å². The van der Waals surface area contributed by atoms with Gasteiger partial charge in [-0.3, -0.25) is 0 Å². The van der Waals surface area contributed by atoms with E-state index in [4.69, 9.17) is 23.2 Å². The molecule has 7 heteroatoms. The molecule has 0 aromatic heterocycles. The first-order valence-electron chi connectivity index (χ1n) is 7.36. The van der Waals surface area contributed by atoms with Crippen LogP contribution < -0.4 is 10.2 Å². The Kier molecular flexibility index (Phi) is 29.9. The molecule has 0 heterocycles. The summed E-state index contributed by atoms with van der Waals surface area (Å²) >= 11 is 10.8. The van der Waals surface area contributed by atoms with E-state index >= 15 is 0 Å². The van der Waals surface area contributed by atoms with E-state index in [2.05, 4.69) is 0 Å². The van der Waals surface area contributed by atoms with Gasteiger partial charge < -0.3 is 19.8 Å². The van der Waals surface area contributed by atoms with Gasteiger partial charge in [0.1, 0.15) is 0 Å². The smallest absolute Gasteiger partial charge is 0.550 e. The van der Waals surface area contributed by atoms with E-state index in [-0.39, 0.29) is 50.6 Å². The molecule has 128 valence electrons. The minimum Gasteiger partial charge on any atom is -0.550 e. The van der Waals surface area contributed by atoms with E-state index in [9.17, 15) is 19.8 Å². The fourth-order valence-corrected chi connectivity index (χ4v) is 1.58. The molecular formula is C16H24CaCl2O4. The van der Waals surface area contributed by atoms with Crippen molar-refractivity contribution in [1.29, 1.82) is 0 Å². The number of halogens is 2. The van der Waals surface area contributed by atoms with Gasteiger partial charge in [-0.1, -0.05) is 24.3 Å². The number of rotatable bonds is 12. The second-order valence-corrected chi connectivity index (χ2v) is 5.18. The molecule has 0 rings (SSSR count). The van der Waals surface area contributed by atoms with Gasteiger partial charge in [0.05, 0.1) is 0 Å². The van der Waals surface area contributed by atoms with Crippen LogP contribution in [-0.4, -0.2) is 61.4 Å². The number of aliphatic carboxylic acids is 2. The van der Waals surface area contributed by atoms with Gasteiger partial charge >= 0.3 is 37.7 Å². The molecule has 23 heavy (non-hydrogen) atoms. The van der Waals surface area contributed by atoms with Gasteiger partial charge in [0.25, 0.3) is 0 Å². The van der Waals surface area contributed by atoms with Crippen LogP contribution in [0.15, 0.2) is 24.3 Å². The zero-order chi connectivity index (χ0) is 17.1. The maximum atomic E-state index is 9.93. The second-order valence-electron chi connectivity index (χ2n) is 4.43. The van der Waals surface area contributed by atoms with Gasteiger partial charge in [-0.05, 0) is 51.4 Å². The Morgan fingerprint density at radius 3 is 1.26 bits per heavy atom. The van der Waals surface area contributed by atoms with Crippen LogP contribution in [0.2, 0.25) is 0 Å². The minimum absolute atomic E-state index is 0. The van der Waals surface area contributed by atoms with Crippen LogP contribution in [0.4, 0.5) is 0 Å². The topological polar surface area (TPSA) is 80.3 Å². The fourth-order valence-electron chi connectivity index (χ4n) is 1.33.